The maximum absolute atomic E-state index is 13.1. The van der Waals surface area contributed by atoms with Crippen LogP contribution in [0.5, 0.6) is 0 Å². The molecular weight excluding hydrogens is 463 g/mol. The lowest BCUT2D eigenvalue weighted by molar-refractivity contribution is 0.425. The Kier molecular flexibility index (Phi) is 5.44. The van der Waals surface area contributed by atoms with E-state index in [0.29, 0.717) is 21.7 Å². The normalized spacial score (nSPS) is 21.5. The minimum Gasteiger partial charge on any atom is -0.378 e. The molecule has 7 heteroatoms. The number of rotatable bonds is 4. The second kappa shape index (κ2) is 8.14. The van der Waals surface area contributed by atoms with Crippen molar-refractivity contribution in [3.63, 3.8) is 0 Å². The molecule has 3 aromatic rings. The topological polar surface area (TPSA) is 58.2 Å². The summed E-state index contributed by atoms with van der Waals surface area (Å²) >= 11 is 12.2. The van der Waals surface area contributed by atoms with Crippen molar-refractivity contribution in [1.29, 1.82) is 0 Å². The van der Waals surface area contributed by atoms with Crippen LogP contribution in [0.3, 0.4) is 0 Å². The highest BCUT2D eigenvalue weighted by Crippen LogP contribution is 2.50. The standard InChI is InChI=1S/C25H22Cl2N2O2S/c1-15-12-18(27)8-10-23(15)29-32(30,31)19-9-11-24-22(14-19)20-6-3-7-21(20)25(28-24)16-4-2-5-17(26)13-16/h2-6,8-14,20-21,25,28-29H,7H2,1H3/t20-,21-,25-/m1/s1. The molecule has 1 aliphatic carbocycles. The fraction of sp³-hybridized carbons (Fsp3) is 0.200. The lowest BCUT2D eigenvalue weighted by Gasteiger charge is -2.37. The third-order valence-electron chi connectivity index (χ3n) is 6.29. The molecule has 5 rings (SSSR count). The van der Waals surface area contributed by atoms with Crippen LogP contribution in [-0.4, -0.2) is 8.42 Å². The van der Waals surface area contributed by atoms with Crippen LogP contribution in [0.1, 0.15) is 35.1 Å². The largest absolute Gasteiger partial charge is 0.378 e. The smallest absolute Gasteiger partial charge is 0.261 e. The summed E-state index contributed by atoms with van der Waals surface area (Å²) in [7, 11) is -3.74. The molecule has 0 saturated carbocycles. The number of hydrogen-bond donors (Lipinski definition) is 2. The van der Waals surface area contributed by atoms with Gasteiger partial charge in [0.05, 0.1) is 16.6 Å². The molecule has 32 heavy (non-hydrogen) atoms. The third-order valence-corrected chi connectivity index (χ3v) is 8.12. The summed E-state index contributed by atoms with van der Waals surface area (Å²) in [5, 5.41) is 4.91. The number of benzene rings is 3. The Bertz CT molecular complexity index is 1340. The Morgan fingerprint density at radius 1 is 1.00 bits per heavy atom. The molecule has 2 N–H and O–H groups in total. The number of fused-ring (bicyclic) bond motifs is 3. The number of halogens is 2. The van der Waals surface area contributed by atoms with E-state index in [4.69, 9.17) is 23.2 Å². The first kappa shape index (κ1) is 21.4. The van der Waals surface area contributed by atoms with Gasteiger partial charge < -0.3 is 5.32 Å². The van der Waals surface area contributed by atoms with Crippen LogP contribution in [0.4, 0.5) is 11.4 Å². The molecule has 0 radical (unpaired) electrons. The van der Waals surface area contributed by atoms with Crippen molar-refractivity contribution in [3.05, 3.63) is 99.6 Å². The molecule has 0 fully saturated rings. The zero-order chi connectivity index (χ0) is 22.5. The van der Waals surface area contributed by atoms with E-state index in [0.717, 1.165) is 28.8 Å². The number of anilines is 2. The molecule has 3 aromatic carbocycles. The predicted octanol–water partition coefficient (Wildman–Crippen LogP) is 6.93. The average Bonchev–Trinajstić information content (AvgIpc) is 3.25. The molecule has 0 unspecified atom stereocenters. The van der Waals surface area contributed by atoms with Gasteiger partial charge in [0.2, 0.25) is 0 Å². The summed E-state index contributed by atoms with van der Waals surface area (Å²) in [5.41, 5.74) is 4.37. The number of sulfonamides is 1. The molecule has 0 bridgehead atoms. The van der Waals surface area contributed by atoms with E-state index in [1.807, 2.05) is 31.2 Å². The van der Waals surface area contributed by atoms with E-state index in [1.54, 1.807) is 30.3 Å². The van der Waals surface area contributed by atoms with Crippen molar-refractivity contribution in [2.24, 2.45) is 5.92 Å². The van der Waals surface area contributed by atoms with Crippen molar-refractivity contribution in [1.82, 2.24) is 0 Å². The molecule has 3 atom stereocenters. The van der Waals surface area contributed by atoms with Gasteiger partial charge >= 0.3 is 0 Å². The summed E-state index contributed by atoms with van der Waals surface area (Å²) in [6.07, 6.45) is 5.29. The first-order valence-electron chi connectivity index (χ1n) is 10.4. The summed E-state index contributed by atoms with van der Waals surface area (Å²) in [6, 6.07) is 18.4. The van der Waals surface area contributed by atoms with Crippen LogP contribution in [-0.2, 0) is 10.0 Å². The van der Waals surface area contributed by atoms with Gasteiger partial charge in [-0.3, -0.25) is 4.72 Å². The number of allylic oxidation sites excluding steroid dienone is 2. The minimum absolute atomic E-state index is 0.110. The Hall–Kier alpha value is -2.47. The fourth-order valence-corrected chi connectivity index (χ4v) is 6.31. The molecule has 164 valence electrons. The summed E-state index contributed by atoms with van der Waals surface area (Å²) in [5.74, 6) is 0.438. The molecular formula is C25H22Cl2N2O2S. The lowest BCUT2D eigenvalue weighted by Crippen LogP contribution is -2.29. The van der Waals surface area contributed by atoms with Gasteiger partial charge in [0, 0.05) is 21.7 Å². The van der Waals surface area contributed by atoms with Crippen LogP contribution < -0.4 is 10.0 Å². The van der Waals surface area contributed by atoms with Crippen LogP contribution in [0, 0.1) is 12.8 Å². The maximum atomic E-state index is 13.1. The van der Waals surface area contributed by atoms with Gasteiger partial charge in [-0.25, -0.2) is 8.42 Å². The fourth-order valence-electron chi connectivity index (χ4n) is 4.71. The SMILES string of the molecule is Cc1cc(Cl)ccc1NS(=O)(=O)c1ccc2c(c1)[C@@H]1C=CC[C@H]1[C@@H](c1cccc(Cl)c1)N2. The highest BCUT2D eigenvalue weighted by molar-refractivity contribution is 7.92. The highest BCUT2D eigenvalue weighted by Gasteiger charge is 2.38. The van der Waals surface area contributed by atoms with Crippen molar-refractivity contribution in [3.8, 4) is 0 Å². The van der Waals surface area contributed by atoms with Crippen LogP contribution in [0.2, 0.25) is 10.0 Å². The molecule has 0 aromatic heterocycles. The first-order chi connectivity index (χ1) is 15.3. The monoisotopic (exact) mass is 484 g/mol. The molecule has 0 saturated heterocycles. The zero-order valence-electron chi connectivity index (χ0n) is 17.3. The number of nitrogens with one attached hydrogen (secondary N) is 2. The van der Waals surface area contributed by atoms with Crippen molar-refractivity contribution >= 4 is 44.6 Å². The molecule has 1 heterocycles. The molecule has 2 aliphatic rings. The molecule has 1 aliphatic heterocycles. The second-order valence-electron chi connectivity index (χ2n) is 8.34. The minimum atomic E-state index is -3.74. The number of hydrogen-bond acceptors (Lipinski definition) is 3. The van der Waals surface area contributed by atoms with Gasteiger partial charge in [0.1, 0.15) is 0 Å². The Morgan fingerprint density at radius 2 is 1.81 bits per heavy atom. The van der Waals surface area contributed by atoms with Gasteiger partial charge in [0.15, 0.2) is 0 Å². The third kappa shape index (κ3) is 3.90. The molecule has 4 nitrogen and oxygen atoms in total. The Labute approximate surface area is 198 Å². The van der Waals surface area contributed by atoms with Gasteiger partial charge in [-0.05, 0) is 84.5 Å². The van der Waals surface area contributed by atoms with E-state index in [-0.39, 0.29) is 16.9 Å². The van der Waals surface area contributed by atoms with Crippen molar-refractivity contribution < 1.29 is 8.42 Å². The first-order valence-corrected chi connectivity index (χ1v) is 12.7. The highest BCUT2D eigenvalue weighted by atomic mass is 35.5. The van der Waals surface area contributed by atoms with Crippen molar-refractivity contribution in [2.75, 3.05) is 10.0 Å². The summed E-state index contributed by atoms with van der Waals surface area (Å²) in [6.45, 7) is 1.82. The average molecular weight is 485 g/mol. The van der Waals surface area contributed by atoms with E-state index in [2.05, 4.69) is 28.3 Å². The second-order valence-corrected chi connectivity index (χ2v) is 10.9. The van der Waals surface area contributed by atoms with E-state index in [1.165, 1.54) is 0 Å². The molecule has 0 amide bonds. The van der Waals surface area contributed by atoms with Crippen molar-refractivity contribution in [2.45, 2.75) is 30.2 Å². The van der Waals surface area contributed by atoms with Gasteiger partial charge in [0.25, 0.3) is 10.0 Å². The summed E-state index contributed by atoms with van der Waals surface area (Å²) in [4.78, 5) is 0.243. The van der Waals surface area contributed by atoms with Crippen LogP contribution in [0.15, 0.2) is 77.7 Å². The number of aryl methyl sites for hydroxylation is 1. The lowest BCUT2D eigenvalue weighted by atomic mass is 9.77. The van der Waals surface area contributed by atoms with Gasteiger partial charge in [-0.15, -0.1) is 0 Å². The van der Waals surface area contributed by atoms with Crippen LogP contribution in [0.25, 0.3) is 0 Å². The summed E-state index contributed by atoms with van der Waals surface area (Å²) < 4.78 is 29.0. The van der Waals surface area contributed by atoms with Gasteiger partial charge in [-0.1, -0.05) is 47.5 Å². The Balaban J connectivity index is 1.49. The van der Waals surface area contributed by atoms with E-state index < -0.39 is 10.0 Å². The quantitative estimate of drug-likeness (QED) is 0.394. The van der Waals surface area contributed by atoms with E-state index >= 15 is 0 Å². The van der Waals surface area contributed by atoms with Crippen LogP contribution >= 0.6 is 23.2 Å². The van der Waals surface area contributed by atoms with E-state index in [9.17, 15) is 8.42 Å². The van der Waals surface area contributed by atoms with Gasteiger partial charge in [-0.2, -0.15) is 0 Å². The molecule has 0 spiro atoms. The maximum Gasteiger partial charge on any atom is 0.261 e. The predicted molar refractivity (Wildman–Crippen MR) is 131 cm³/mol. The Morgan fingerprint density at radius 3 is 2.59 bits per heavy atom. The zero-order valence-corrected chi connectivity index (χ0v) is 19.7.